The molecule has 2 fully saturated rings. The molecule has 3 aliphatic carbocycles. The summed E-state index contributed by atoms with van der Waals surface area (Å²) in [7, 11) is 0. The molecule has 0 unspecified atom stereocenters. The molecule has 0 N–H and O–H groups in total. The fraction of sp³-hybridized carbons (Fsp3) is 0.500. The van der Waals surface area contributed by atoms with E-state index in [1.54, 1.807) is 0 Å². The van der Waals surface area contributed by atoms with Gasteiger partial charge in [-0.1, -0.05) is 35.6 Å². The molecule has 1 aromatic carbocycles. The minimum Gasteiger partial charge on any atom is -0.242 e. The van der Waals surface area contributed by atoms with Gasteiger partial charge < -0.3 is 0 Å². The Kier molecular flexibility index (Phi) is 1.86. The fourth-order valence-corrected chi connectivity index (χ4v) is 4.99. The van der Waals surface area contributed by atoms with Crippen molar-refractivity contribution in [2.24, 2.45) is 34.0 Å². The maximum atomic E-state index is 4.62. The summed E-state index contributed by atoms with van der Waals surface area (Å²) in [6.07, 6.45) is 7.49. The summed E-state index contributed by atoms with van der Waals surface area (Å²) in [6, 6.07) is 11.5. The van der Waals surface area contributed by atoms with E-state index in [1.165, 1.54) is 18.5 Å². The van der Waals surface area contributed by atoms with Crippen LogP contribution < -0.4 is 5.01 Å². The van der Waals surface area contributed by atoms with E-state index in [1.807, 2.05) is 0 Å². The molecule has 1 heterocycles. The molecule has 0 saturated heterocycles. The van der Waals surface area contributed by atoms with Gasteiger partial charge in [-0.15, -0.1) is 0 Å². The van der Waals surface area contributed by atoms with Crippen molar-refractivity contribution < 1.29 is 0 Å². The Morgan fingerprint density at radius 3 is 2.84 bits per heavy atom. The Morgan fingerprint density at radius 2 is 1.95 bits per heavy atom. The van der Waals surface area contributed by atoms with Gasteiger partial charge in [0.25, 0.3) is 0 Å². The second-order valence-corrected chi connectivity index (χ2v) is 6.33. The third-order valence-corrected chi connectivity index (χ3v) is 5.66. The van der Waals surface area contributed by atoms with Crippen molar-refractivity contribution in [3.63, 3.8) is 0 Å². The zero-order chi connectivity index (χ0) is 12.4. The quantitative estimate of drug-likeness (QED) is 0.702. The largest absolute Gasteiger partial charge is 0.242 e. The van der Waals surface area contributed by atoms with Gasteiger partial charge in [0, 0.05) is 0 Å². The van der Waals surface area contributed by atoms with Crippen LogP contribution in [0.3, 0.4) is 0 Å². The minimum atomic E-state index is 0.450. The smallest absolute Gasteiger partial charge is 0.0988 e. The molecule has 4 aliphatic rings. The Labute approximate surface area is 113 Å². The first-order chi connectivity index (χ1) is 9.43. The van der Waals surface area contributed by atoms with E-state index in [0.717, 1.165) is 23.7 Å². The van der Waals surface area contributed by atoms with Crippen molar-refractivity contribution in [1.82, 2.24) is 0 Å². The van der Waals surface area contributed by atoms with Crippen LogP contribution >= 0.6 is 0 Å². The molecular weight excluding hydrogens is 234 g/mol. The Bertz CT molecular complexity index is 565. The van der Waals surface area contributed by atoms with Crippen molar-refractivity contribution in [2.45, 2.75) is 24.9 Å². The lowest BCUT2D eigenvalue weighted by molar-refractivity contribution is 0.238. The number of benzene rings is 1. The first-order valence-corrected chi connectivity index (χ1v) is 7.35. The van der Waals surface area contributed by atoms with Crippen LogP contribution in [0.5, 0.6) is 0 Å². The lowest BCUT2D eigenvalue weighted by Crippen LogP contribution is -2.44. The molecule has 2 bridgehead atoms. The standard InChI is InChI=1S/C16H17N3/c1-2-5-10(6-3-1)19-16-14-9-13(15(16)17-18-19)11-7-4-8-12(11)14/h1-6,8,11-16H,7,9H2/t11-,12+,13-,14+,15+,16-/m1/s1. The first-order valence-electron chi connectivity index (χ1n) is 7.35. The molecule has 0 aromatic heterocycles. The van der Waals surface area contributed by atoms with Gasteiger partial charge in [-0.2, -0.15) is 5.11 Å². The van der Waals surface area contributed by atoms with Crippen molar-refractivity contribution in [3.8, 4) is 0 Å². The van der Waals surface area contributed by atoms with Gasteiger partial charge in [-0.05, 0) is 48.6 Å². The van der Waals surface area contributed by atoms with Crippen molar-refractivity contribution in [2.75, 3.05) is 5.01 Å². The fourth-order valence-electron chi connectivity index (χ4n) is 4.99. The number of nitrogens with zero attached hydrogens (tertiary/aromatic N) is 3. The number of allylic oxidation sites excluding steroid dienone is 2. The van der Waals surface area contributed by atoms with Gasteiger partial charge in [0.1, 0.15) is 0 Å². The topological polar surface area (TPSA) is 28.0 Å². The summed E-state index contributed by atoms with van der Waals surface area (Å²) in [5, 5.41) is 11.3. The van der Waals surface area contributed by atoms with Crippen LogP contribution in [0.2, 0.25) is 0 Å². The SMILES string of the molecule is C1=C[C@H]2[C@@H](C1)[C@H]1C[C@@H]2[C@@H]2[C@H]1N=NN2c1ccccc1. The molecule has 1 aliphatic heterocycles. The average Bonchev–Trinajstić information content (AvgIpc) is 3.17. The van der Waals surface area contributed by atoms with Crippen LogP contribution in [0, 0.1) is 23.7 Å². The summed E-state index contributed by atoms with van der Waals surface area (Å²) >= 11 is 0. The normalized spacial score (nSPS) is 44.9. The average molecular weight is 251 g/mol. The van der Waals surface area contributed by atoms with E-state index in [2.05, 4.69) is 57.8 Å². The number of anilines is 1. The third kappa shape index (κ3) is 1.18. The summed E-state index contributed by atoms with van der Waals surface area (Å²) in [5.74, 6) is 3.18. The molecule has 19 heavy (non-hydrogen) atoms. The maximum absolute atomic E-state index is 4.62. The molecule has 96 valence electrons. The predicted octanol–water partition coefficient (Wildman–Crippen LogP) is 3.45. The minimum absolute atomic E-state index is 0.450. The van der Waals surface area contributed by atoms with Gasteiger partial charge in [0.2, 0.25) is 0 Å². The highest BCUT2D eigenvalue weighted by Gasteiger charge is 2.61. The number of fused-ring (bicyclic) bond motifs is 8. The van der Waals surface area contributed by atoms with Crippen molar-refractivity contribution in [3.05, 3.63) is 42.5 Å². The van der Waals surface area contributed by atoms with E-state index in [4.69, 9.17) is 0 Å². The monoisotopic (exact) mass is 251 g/mol. The van der Waals surface area contributed by atoms with Crippen LogP contribution in [0.4, 0.5) is 5.69 Å². The molecule has 2 saturated carbocycles. The predicted molar refractivity (Wildman–Crippen MR) is 73.7 cm³/mol. The van der Waals surface area contributed by atoms with E-state index in [0.29, 0.717) is 12.1 Å². The lowest BCUT2D eigenvalue weighted by atomic mass is 9.76. The number of rotatable bonds is 1. The Hall–Kier alpha value is -1.64. The molecule has 0 radical (unpaired) electrons. The van der Waals surface area contributed by atoms with Crippen LogP contribution in [0.1, 0.15) is 12.8 Å². The zero-order valence-electron chi connectivity index (χ0n) is 10.8. The van der Waals surface area contributed by atoms with Gasteiger partial charge in [-0.3, -0.25) is 0 Å². The number of para-hydroxylation sites is 1. The van der Waals surface area contributed by atoms with Gasteiger partial charge in [0.05, 0.1) is 17.8 Å². The van der Waals surface area contributed by atoms with Crippen molar-refractivity contribution >= 4 is 5.69 Å². The van der Waals surface area contributed by atoms with Crippen LogP contribution in [-0.4, -0.2) is 12.1 Å². The molecule has 0 amide bonds. The maximum Gasteiger partial charge on any atom is 0.0988 e. The number of hydrogen-bond donors (Lipinski definition) is 0. The van der Waals surface area contributed by atoms with Crippen LogP contribution in [0.25, 0.3) is 0 Å². The van der Waals surface area contributed by atoms with E-state index < -0.39 is 0 Å². The third-order valence-electron chi connectivity index (χ3n) is 5.66. The summed E-state index contributed by atoms with van der Waals surface area (Å²) in [6.45, 7) is 0. The summed E-state index contributed by atoms with van der Waals surface area (Å²) in [4.78, 5) is 0. The lowest BCUT2D eigenvalue weighted by Gasteiger charge is -2.35. The highest BCUT2D eigenvalue weighted by atomic mass is 15.6. The highest BCUT2D eigenvalue weighted by molar-refractivity contribution is 5.48. The van der Waals surface area contributed by atoms with Crippen LogP contribution in [0.15, 0.2) is 52.8 Å². The molecule has 1 aromatic rings. The van der Waals surface area contributed by atoms with Gasteiger partial charge in [-0.25, -0.2) is 5.01 Å². The van der Waals surface area contributed by atoms with Gasteiger partial charge in [0.15, 0.2) is 0 Å². The second kappa shape index (κ2) is 3.47. The van der Waals surface area contributed by atoms with Crippen LogP contribution in [-0.2, 0) is 0 Å². The number of hydrogen-bond acceptors (Lipinski definition) is 3. The highest BCUT2D eigenvalue weighted by Crippen LogP contribution is 2.60. The molecule has 5 rings (SSSR count). The second-order valence-electron chi connectivity index (χ2n) is 6.33. The molecular formula is C16H17N3. The van der Waals surface area contributed by atoms with E-state index >= 15 is 0 Å². The Morgan fingerprint density at radius 1 is 1.05 bits per heavy atom. The van der Waals surface area contributed by atoms with E-state index in [-0.39, 0.29) is 0 Å². The molecule has 0 spiro atoms. The molecule has 3 heteroatoms. The zero-order valence-corrected chi connectivity index (χ0v) is 10.8. The van der Waals surface area contributed by atoms with Gasteiger partial charge >= 0.3 is 0 Å². The summed E-state index contributed by atoms with van der Waals surface area (Å²) in [5.41, 5.74) is 1.20. The first kappa shape index (κ1) is 10.2. The van der Waals surface area contributed by atoms with E-state index in [9.17, 15) is 0 Å². The molecule has 3 nitrogen and oxygen atoms in total. The van der Waals surface area contributed by atoms with Crippen molar-refractivity contribution in [1.29, 1.82) is 0 Å². The summed E-state index contributed by atoms with van der Waals surface area (Å²) < 4.78 is 0. The molecule has 6 atom stereocenters. The Balaban J connectivity index is 1.53.